The fourth-order valence-electron chi connectivity index (χ4n) is 2.35. The first kappa shape index (κ1) is 14.5. The van der Waals surface area contributed by atoms with E-state index in [9.17, 15) is 10.1 Å². The summed E-state index contributed by atoms with van der Waals surface area (Å²) in [6.45, 7) is 1.97. The third kappa shape index (κ3) is 3.00. The summed E-state index contributed by atoms with van der Waals surface area (Å²) in [5, 5.41) is 17.4. The molecule has 2 heterocycles. The smallest absolute Gasteiger partial charge is 0.271 e. The second-order valence-corrected chi connectivity index (χ2v) is 4.73. The van der Waals surface area contributed by atoms with Crippen LogP contribution in [0.15, 0.2) is 18.2 Å². The van der Waals surface area contributed by atoms with Crippen LogP contribution < -0.4 is 10.6 Å². The van der Waals surface area contributed by atoms with Crippen LogP contribution in [0.3, 0.4) is 0 Å². The lowest BCUT2D eigenvalue weighted by molar-refractivity contribution is -0.384. The number of H-pyrrole nitrogens is 1. The molecule has 0 aliphatic carbocycles. The Kier molecular flexibility index (Phi) is 4.41. The van der Waals surface area contributed by atoms with Gasteiger partial charge in [-0.1, -0.05) is 0 Å². The van der Waals surface area contributed by atoms with Crippen molar-refractivity contribution in [3.05, 3.63) is 28.3 Å². The van der Waals surface area contributed by atoms with E-state index in [0.29, 0.717) is 17.5 Å². The molecule has 2 aromatic rings. The van der Waals surface area contributed by atoms with Crippen molar-refractivity contribution in [2.45, 2.75) is 18.9 Å². The summed E-state index contributed by atoms with van der Waals surface area (Å²) in [6.07, 6.45) is 2.24. The molecule has 1 fully saturated rings. The van der Waals surface area contributed by atoms with Gasteiger partial charge in [-0.15, -0.1) is 12.4 Å². The van der Waals surface area contributed by atoms with Gasteiger partial charge in [0.15, 0.2) is 0 Å². The maximum absolute atomic E-state index is 10.7. The van der Waals surface area contributed by atoms with E-state index in [1.807, 2.05) is 0 Å². The van der Waals surface area contributed by atoms with Crippen LogP contribution in [0, 0.1) is 10.1 Å². The van der Waals surface area contributed by atoms with Crippen molar-refractivity contribution in [3.8, 4) is 0 Å². The van der Waals surface area contributed by atoms with Gasteiger partial charge in [0, 0.05) is 24.7 Å². The van der Waals surface area contributed by atoms with Crippen LogP contribution in [0.1, 0.15) is 12.8 Å². The minimum absolute atomic E-state index is 0. The quantitative estimate of drug-likeness (QED) is 0.595. The number of non-ortho nitro benzene ring substituents is 1. The van der Waals surface area contributed by atoms with Crippen LogP contribution in [0.2, 0.25) is 0 Å². The summed E-state index contributed by atoms with van der Waals surface area (Å²) in [5.74, 6) is 0.671. The number of nitrogens with one attached hydrogen (secondary N) is 3. The normalized spacial score (nSPS) is 18.5. The zero-order valence-electron chi connectivity index (χ0n) is 10.8. The Hall–Kier alpha value is -1.86. The van der Waals surface area contributed by atoms with Gasteiger partial charge < -0.3 is 15.6 Å². The Labute approximate surface area is 121 Å². The summed E-state index contributed by atoms with van der Waals surface area (Å²) >= 11 is 0. The Bertz CT molecular complexity index is 609. The zero-order chi connectivity index (χ0) is 13.2. The fraction of sp³-hybridized carbons (Fsp3) is 0.417. The molecule has 20 heavy (non-hydrogen) atoms. The van der Waals surface area contributed by atoms with E-state index in [1.165, 1.54) is 12.1 Å². The van der Waals surface area contributed by atoms with Gasteiger partial charge >= 0.3 is 0 Å². The van der Waals surface area contributed by atoms with Crippen molar-refractivity contribution < 1.29 is 4.92 Å². The molecular weight excluding hydrogens is 282 g/mol. The summed E-state index contributed by atoms with van der Waals surface area (Å²) in [4.78, 5) is 17.8. The van der Waals surface area contributed by atoms with Crippen molar-refractivity contribution in [1.29, 1.82) is 0 Å². The standard InChI is InChI=1S/C12H15N5O2.ClH/c18-17(19)9-3-4-10-11(6-9)16-12(15-10)14-8-2-1-5-13-7-8;/h3-4,6,8,13H,1-2,5,7H2,(H2,14,15,16);1H/t8-;/m0./s1. The van der Waals surface area contributed by atoms with Crippen LogP contribution in [-0.4, -0.2) is 34.0 Å². The number of aromatic amines is 1. The number of benzene rings is 1. The zero-order valence-corrected chi connectivity index (χ0v) is 11.6. The first-order chi connectivity index (χ1) is 9.22. The van der Waals surface area contributed by atoms with E-state index < -0.39 is 4.92 Å². The van der Waals surface area contributed by atoms with Gasteiger partial charge in [0.2, 0.25) is 5.95 Å². The second kappa shape index (κ2) is 6.06. The molecule has 0 saturated carbocycles. The van der Waals surface area contributed by atoms with Gasteiger partial charge in [0.05, 0.1) is 16.0 Å². The minimum atomic E-state index is -0.404. The van der Waals surface area contributed by atoms with Crippen molar-refractivity contribution in [1.82, 2.24) is 15.3 Å². The molecule has 1 aliphatic heterocycles. The van der Waals surface area contributed by atoms with E-state index >= 15 is 0 Å². The van der Waals surface area contributed by atoms with Gasteiger partial charge in [0.25, 0.3) is 5.69 Å². The topological polar surface area (TPSA) is 95.9 Å². The number of hydrogen-bond acceptors (Lipinski definition) is 5. The molecule has 0 unspecified atom stereocenters. The lowest BCUT2D eigenvalue weighted by atomic mass is 10.1. The molecule has 3 N–H and O–H groups in total. The molecular formula is C12H16ClN5O2. The molecule has 1 aliphatic rings. The molecule has 108 valence electrons. The van der Waals surface area contributed by atoms with E-state index in [1.54, 1.807) is 6.07 Å². The molecule has 0 radical (unpaired) electrons. The monoisotopic (exact) mass is 297 g/mol. The average molecular weight is 298 g/mol. The van der Waals surface area contributed by atoms with Gasteiger partial charge in [0.1, 0.15) is 0 Å². The summed E-state index contributed by atoms with van der Waals surface area (Å²) in [5.41, 5.74) is 1.49. The maximum atomic E-state index is 10.7. The number of halogens is 1. The molecule has 0 amide bonds. The number of imidazole rings is 1. The first-order valence-electron chi connectivity index (χ1n) is 6.34. The highest BCUT2D eigenvalue weighted by Crippen LogP contribution is 2.21. The number of aromatic nitrogens is 2. The molecule has 1 saturated heterocycles. The summed E-state index contributed by atoms with van der Waals surface area (Å²) in [7, 11) is 0. The van der Waals surface area contributed by atoms with Crippen molar-refractivity contribution in [3.63, 3.8) is 0 Å². The van der Waals surface area contributed by atoms with E-state index in [-0.39, 0.29) is 18.1 Å². The van der Waals surface area contributed by atoms with Gasteiger partial charge in [-0.05, 0) is 25.5 Å². The highest BCUT2D eigenvalue weighted by molar-refractivity contribution is 5.85. The van der Waals surface area contributed by atoms with E-state index in [2.05, 4.69) is 20.6 Å². The van der Waals surface area contributed by atoms with Gasteiger partial charge in [-0.2, -0.15) is 0 Å². The molecule has 0 spiro atoms. The highest BCUT2D eigenvalue weighted by Gasteiger charge is 2.15. The molecule has 1 aromatic carbocycles. The molecule has 7 nitrogen and oxygen atoms in total. The fourth-order valence-corrected chi connectivity index (χ4v) is 2.35. The number of hydrogen-bond donors (Lipinski definition) is 3. The van der Waals surface area contributed by atoms with Crippen LogP contribution in [-0.2, 0) is 0 Å². The van der Waals surface area contributed by atoms with Crippen molar-refractivity contribution in [2.24, 2.45) is 0 Å². The van der Waals surface area contributed by atoms with Crippen LogP contribution in [0.25, 0.3) is 11.0 Å². The third-order valence-electron chi connectivity index (χ3n) is 3.31. The third-order valence-corrected chi connectivity index (χ3v) is 3.31. The van der Waals surface area contributed by atoms with E-state index in [4.69, 9.17) is 0 Å². The van der Waals surface area contributed by atoms with Crippen LogP contribution in [0.5, 0.6) is 0 Å². The van der Waals surface area contributed by atoms with Crippen LogP contribution in [0.4, 0.5) is 11.6 Å². The lowest BCUT2D eigenvalue weighted by Gasteiger charge is -2.23. The predicted octanol–water partition coefficient (Wildman–Crippen LogP) is 2.06. The highest BCUT2D eigenvalue weighted by atomic mass is 35.5. The molecule has 3 rings (SSSR count). The average Bonchev–Trinajstić information content (AvgIpc) is 2.80. The Balaban J connectivity index is 0.00000147. The minimum Gasteiger partial charge on any atom is -0.352 e. The molecule has 1 atom stereocenters. The molecule has 0 bridgehead atoms. The largest absolute Gasteiger partial charge is 0.352 e. The lowest BCUT2D eigenvalue weighted by Crippen LogP contribution is -2.38. The van der Waals surface area contributed by atoms with Crippen LogP contribution >= 0.6 is 12.4 Å². The number of nitrogens with zero attached hydrogens (tertiary/aromatic N) is 2. The number of rotatable bonds is 3. The number of piperidine rings is 1. The van der Waals surface area contributed by atoms with Gasteiger partial charge in [-0.3, -0.25) is 10.1 Å². The predicted molar refractivity (Wildman–Crippen MR) is 79.5 cm³/mol. The number of nitro benzene ring substituents is 1. The van der Waals surface area contributed by atoms with Crippen molar-refractivity contribution in [2.75, 3.05) is 18.4 Å². The van der Waals surface area contributed by atoms with Gasteiger partial charge in [-0.25, -0.2) is 4.98 Å². The number of anilines is 1. The summed E-state index contributed by atoms with van der Waals surface area (Å²) in [6, 6.07) is 4.99. The molecule has 8 heteroatoms. The molecule has 1 aromatic heterocycles. The Morgan fingerprint density at radius 1 is 1.45 bits per heavy atom. The number of fused-ring (bicyclic) bond motifs is 1. The number of nitro groups is 1. The Morgan fingerprint density at radius 3 is 3.00 bits per heavy atom. The second-order valence-electron chi connectivity index (χ2n) is 4.73. The summed E-state index contributed by atoms with van der Waals surface area (Å²) < 4.78 is 0. The van der Waals surface area contributed by atoms with Crippen molar-refractivity contribution >= 4 is 35.1 Å². The Morgan fingerprint density at radius 2 is 2.30 bits per heavy atom. The SMILES string of the molecule is Cl.O=[N+]([O-])c1ccc2nc(N[C@H]3CCCNC3)[nH]c2c1. The first-order valence-corrected chi connectivity index (χ1v) is 6.34. The maximum Gasteiger partial charge on any atom is 0.271 e. The van der Waals surface area contributed by atoms with E-state index in [0.717, 1.165) is 31.4 Å².